The fraction of sp³-hybridized carbons (Fsp3) is 0.154. The summed E-state index contributed by atoms with van der Waals surface area (Å²) in [6.07, 6.45) is 0. The molecule has 0 N–H and O–H groups in total. The van der Waals surface area contributed by atoms with Crippen molar-refractivity contribution in [1.29, 1.82) is 0 Å². The van der Waals surface area contributed by atoms with Crippen molar-refractivity contribution >= 4 is 17.3 Å². The number of hydrogen-bond acceptors (Lipinski definition) is 5. The van der Waals surface area contributed by atoms with Crippen LogP contribution in [0.2, 0.25) is 0 Å². The smallest absolute Gasteiger partial charge is 0.348 e. The van der Waals surface area contributed by atoms with Gasteiger partial charge in [-0.2, -0.15) is 0 Å². The van der Waals surface area contributed by atoms with Crippen LogP contribution in [0.3, 0.4) is 0 Å². The van der Waals surface area contributed by atoms with Crippen molar-refractivity contribution in [1.82, 2.24) is 0 Å². The molecule has 0 fully saturated rings. The van der Waals surface area contributed by atoms with E-state index in [0.29, 0.717) is 10.6 Å². The summed E-state index contributed by atoms with van der Waals surface area (Å²) in [4.78, 5) is 12.3. The Bertz CT molecular complexity index is 562. The number of esters is 1. The Kier molecular flexibility index (Phi) is 2.90. The molecule has 0 aliphatic carbocycles. The van der Waals surface area contributed by atoms with Crippen molar-refractivity contribution in [2.24, 2.45) is 0 Å². The summed E-state index contributed by atoms with van der Waals surface area (Å²) >= 11 is 1.37. The highest BCUT2D eigenvalue weighted by molar-refractivity contribution is 7.11. The third-order valence-corrected chi connectivity index (χ3v) is 3.38. The lowest BCUT2D eigenvalue weighted by molar-refractivity contribution is 0.0478. The molecule has 0 bridgehead atoms. The molecule has 18 heavy (non-hydrogen) atoms. The Balaban J connectivity index is 1.65. The molecule has 3 rings (SSSR count). The van der Waals surface area contributed by atoms with E-state index in [0.717, 1.165) is 11.3 Å². The first-order chi connectivity index (χ1) is 8.83. The molecule has 4 nitrogen and oxygen atoms in total. The Hall–Kier alpha value is -2.01. The van der Waals surface area contributed by atoms with Crippen molar-refractivity contribution in [3.05, 3.63) is 46.2 Å². The van der Waals surface area contributed by atoms with Gasteiger partial charge in [0, 0.05) is 0 Å². The zero-order valence-electron chi connectivity index (χ0n) is 9.42. The lowest BCUT2D eigenvalue weighted by Crippen LogP contribution is -2.02. The summed E-state index contributed by atoms with van der Waals surface area (Å²) in [6, 6.07) is 9.06. The van der Waals surface area contributed by atoms with Crippen molar-refractivity contribution < 1.29 is 19.0 Å². The van der Waals surface area contributed by atoms with Gasteiger partial charge in [0.15, 0.2) is 11.5 Å². The number of thiophene rings is 1. The van der Waals surface area contributed by atoms with Crippen LogP contribution in [0.25, 0.3) is 0 Å². The molecule has 92 valence electrons. The fourth-order valence-electron chi connectivity index (χ4n) is 1.65. The van der Waals surface area contributed by atoms with Gasteiger partial charge in [-0.3, -0.25) is 0 Å². The average Bonchev–Trinajstić information content (AvgIpc) is 3.05. The van der Waals surface area contributed by atoms with Crippen LogP contribution in [0.4, 0.5) is 0 Å². The van der Waals surface area contributed by atoms with Crippen LogP contribution in [-0.2, 0) is 11.3 Å². The largest absolute Gasteiger partial charge is 0.457 e. The van der Waals surface area contributed by atoms with Gasteiger partial charge < -0.3 is 14.2 Å². The molecule has 1 aromatic carbocycles. The first kappa shape index (κ1) is 11.1. The molecule has 0 amide bonds. The van der Waals surface area contributed by atoms with Crippen LogP contribution in [0.15, 0.2) is 35.7 Å². The van der Waals surface area contributed by atoms with Gasteiger partial charge in [-0.1, -0.05) is 12.1 Å². The van der Waals surface area contributed by atoms with E-state index >= 15 is 0 Å². The van der Waals surface area contributed by atoms with E-state index in [1.165, 1.54) is 11.3 Å². The normalized spacial score (nSPS) is 12.4. The topological polar surface area (TPSA) is 44.8 Å². The van der Waals surface area contributed by atoms with E-state index in [1.807, 2.05) is 29.6 Å². The molecule has 2 heterocycles. The number of ether oxygens (including phenoxy) is 3. The number of rotatable bonds is 3. The molecule has 0 saturated carbocycles. The van der Waals surface area contributed by atoms with E-state index in [1.54, 1.807) is 6.07 Å². The van der Waals surface area contributed by atoms with Crippen LogP contribution >= 0.6 is 11.3 Å². The molecular formula is C13H10O4S. The monoisotopic (exact) mass is 262 g/mol. The third kappa shape index (κ3) is 2.17. The SMILES string of the molecule is O=C(OCc1ccc2c(c1)OCO2)c1cccs1. The average molecular weight is 262 g/mol. The van der Waals surface area contributed by atoms with Crippen molar-refractivity contribution in [3.63, 3.8) is 0 Å². The highest BCUT2D eigenvalue weighted by atomic mass is 32.1. The van der Waals surface area contributed by atoms with E-state index in [9.17, 15) is 4.79 Å². The molecule has 0 unspecified atom stereocenters. The number of hydrogen-bond donors (Lipinski definition) is 0. The molecule has 1 aliphatic rings. The van der Waals surface area contributed by atoms with Crippen LogP contribution < -0.4 is 9.47 Å². The minimum absolute atomic E-state index is 0.230. The number of carbonyl (C=O) groups excluding carboxylic acids is 1. The fourth-order valence-corrected chi connectivity index (χ4v) is 2.26. The highest BCUT2D eigenvalue weighted by Gasteiger charge is 2.14. The van der Waals surface area contributed by atoms with Crippen LogP contribution in [-0.4, -0.2) is 12.8 Å². The minimum Gasteiger partial charge on any atom is -0.457 e. The molecule has 2 aromatic rings. The third-order valence-electron chi connectivity index (χ3n) is 2.53. The number of benzene rings is 1. The van der Waals surface area contributed by atoms with Gasteiger partial charge in [0.1, 0.15) is 11.5 Å². The maximum atomic E-state index is 11.6. The van der Waals surface area contributed by atoms with Gasteiger partial charge in [0.05, 0.1) is 0 Å². The first-order valence-corrected chi connectivity index (χ1v) is 6.30. The zero-order valence-corrected chi connectivity index (χ0v) is 10.2. The first-order valence-electron chi connectivity index (χ1n) is 5.42. The standard InChI is InChI=1S/C13H10O4S/c14-13(12-2-1-5-18-12)15-7-9-3-4-10-11(6-9)17-8-16-10/h1-6H,7-8H2. The molecule has 1 aliphatic heterocycles. The van der Waals surface area contributed by atoms with Gasteiger partial charge in [0.25, 0.3) is 0 Å². The van der Waals surface area contributed by atoms with E-state index in [-0.39, 0.29) is 19.4 Å². The summed E-state index contributed by atoms with van der Waals surface area (Å²) in [7, 11) is 0. The van der Waals surface area contributed by atoms with Gasteiger partial charge in [-0.25, -0.2) is 4.79 Å². The summed E-state index contributed by atoms with van der Waals surface area (Å²) in [5.74, 6) is 1.12. The van der Waals surface area contributed by atoms with Crippen LogP contribution in [0, 0.1) is 0 Å². The molecule has 1 aromatic heterocycles. The molecule has 0 spiro atoms. The number of fused-ring (bicyclic) bond motifs is 1. The second-order valence-corrected chi connectivity index (χ2v) is 4.69. The Morgan fingerprint density at radius 2 is 2.17 bits per heavy atom. The second kappa shape index (κ2) is 4.70. The summed E-state index contributed by atoms with van der Waals surface area (Å²) in [5, 5.41) is 1.84. The zero-order chi connectivity index (χ0) is 12.4. The van der Waals surface area contributed by atoms with Crippen molar-refractivity contribution in [3.8, 4) is 11.5 Å². The highest BCUT2D eigenvalue weighted by Crippen LogP contribution is 2.32. The predicted molar refractivity (Wildman–Crippen MR) is 66.0 cm³/mol. The van der Waals surface area contributed by atoms with Crippen molar-refractivity contribution in [2.75, 3.05) is 6.79 Å². The lowest BCUT2D eigenvalue weighted by atomic mass is 10.2. The minimum atomic E-state index is -0.303. The van der Waals surface area contributed by atoms with Gasteiger partial charge in [-0.15, -0.1) is 11.3 Å². The molecule has 0 radical (unpaired) electrons. The van der Waals surface area contributed by atoms with Crippen LogP contribution in [0.1, 0.15) is 15.2 Å². The second-order valence-electron chi connectivity index (χ2n) is 3.74. The molecule has 0 atom stereocenters. The van der Waals surface area contributed by atoms with Crippen LogP contribution in [0.5, 0.6) is 11.5 Å². The maximum Gasteiger partial charge on any atom is 0.348 e. The van der Waals surface area contributed by atoms with E-state index in [2.05, 4.69) is 0 Å². The van der Waals surface area contributed by atoms with Crippen molar-refractivity contribution in [2.45, 2.75) is 6.61 Å². The lowest BCUT2D eigenvalue weighted by Gasteiger charge is -2.04. The summed E-state index contributed by atoms with van der Waals surface area (Å²) in [6.45, 7) is 0.473. The summed E-state index contributed by atoms with van der Waals surface area (Å²) < 4.78 is 15.7. The Labute approximate surface area is 108 Å². The molecular weight excluding hydrogens is 252 g/mol. The Morgan fingerprint density at radius 1 is 1.28 bits per heavy atom. The molecule has 0 saturated heterocycles. The Morgan fingerprint density at radius 3 is 3.00 bits per heavy atom. The molecule has 5 heteroatoms. The predicted octanol–water partition coefficient (Wildman–Crippen LogP) is 2.83. The van der Waals surface area contributed by atoms with Gasteiger partial charge in [-0.05, 0) is 29.1 Å². The number of carbonyl (C=O) groups is 1. The van der Waals surface area contributed by atoms with Gasteiger partial charge in [0.2, 0.25) is 6.79 Å². The van der Waals surface area contributed by atoms with Gasteiger partial charge >= 0.3 is 5.97 Å². The maximum absolute atomic E-state index is 11.6. The quantitative estimate of drug-likeness (QED) is 0.798. The van der Waals surface area contributed by atoms with E-state index < -0.39 is 0 Å². The van der Waals surface area contributed by atoms with E-state index in [4.69, 9.17) is 14.2 Å². The summed E-state index contributed by atoms with van der Waals surface area (Å²) in [5.41, 5.74) is 0.879.